The molecule has 1 N–H and O–H groups in total. The Bertz CT molecular complexity index is 428. The van der Waals surface area contributed by atoms with Crippen molar-refractivity contribution in [2.24, 2.45) is 0 Å². The number of halogens is 1. The highest BCUT2D eigenvalue weighted by molar-refractivity contribution is 5.33. The molecule has 1 aromatic rings. The van der Waals surface area contributed by atoms with Crippen molar-refractivity contribution < 1.29 is 13.9 Å². The van der Waals surface area contributed by atoms with Crippen molar-refractivity contribution in [1.29, 1.82) is 0 Å². The highest BCUT2D eigenvalue weighted by Gasteiger charge is 2.29. The van der Waals surface area contributed by atoms with E-state index in [1.54, 1.807) is 18.2 Å². The van der Waals surface area contributed by atoms with E-state index >= 15 is 0 Å². The molecule has 0 amide bonds. The average molecular weight is 268 g/mol. The summed E-state index contributed by atoms with van der Waals surface area (Å²) in [5, 5.41) is 3.15. The Hall–Kier alpha value is -1.17. The Labute approximate surface area is 113 Å². The molecule has 1 aliphatic heterocycles. The van der Waals surface area contributed by atoms with E-state index in [4.69, 9.17) is 9.47 Å². The zero-order chi connectivity index (χ0) is 13.8. The van der Waals surface area contributed by atoms with E-state index in [1.807, 2.05) is 14.1 Å². The lowest BCUT2D eigenvalue weighted by Crippen LogP contribution is -2.46. The number of nitrogens with zero attached hydrogens (tertiary/aromatic N) is 1. The second kappa shape index (κ2) is 6.32. The molecule has 1 aromatic carbocycles. The SMILES string of the molecule is CNC(c1cccc(OC)c1F)C1CN(C)CCO1. The number of nitrogens with one attached hydrogen (secondary N) is 1. The van der Waals surface area contributed by atoms with E-state index in [9.17, 15) is 4.39 Å². The molecule has 0 saturated carbocycles. The smallest absolute Gasteiger partial charge is 0.169 e. The minimum Gasteiger partial charge on any atom is -0.494 e. The van der Waals surface area contributed by atoms with Crippen LogP contribution in [0.15, 0.2) is 18.2 Å². The van der Waals surface area contributed by atoms with Gasteiger partial charge in [-0.3, -0.25) is 0 Å². The van der Waals surface area contributed by atoms with Crippen molar-refractivity contribution in [2.45, 2.75) is 12.1 Å². The van der Waals surface area contributed by atoms with E-state index in [2.05, 4.69) is 10.2 Å². The first-order valence-electron chi connectivity index (χ1n) is 6.47. The number of likely N-dealkylation sites (N-methyl/N-ethyl adjacent to an activating group) is 2. The highest BCUT2D eigenvalue weighted by Crippen LogP contribution is 2.28. The molecule has 1 saturated heterocycles. The first-order valence-corrected chi connectivity index (χ1v) is 6.47. The number of benzene rings is 1. The van der Waals surface area contributed by atoms with Gasteiger partial charge < -0.3 is 19.7 Å². The molecule has 1 fully saturated rings. The molecule has 0 spiro atoms. The van der Waals surface area contributed by atoms with Crippen LogP contribution >= 0.6 is 0 Å². The largest absolute Gasteiger partial charge is 0.494 e. The second-order valence-corrected chi connectivity index (χ2v) is 4.80. The van der Waals surface area contributed by atoms with Gasteiger partial charge in [0.1, 0.15) is 0 Å². The molecule has 0 bridgehead atoms. The van der Waals surface area contributed by atoms with Crippen LogP contribution < -0.4 is 10.1 Å². The van der Waals surface area contributed by atoms with Gasteiger partial charge in [0.2, 0.25) is 0 Å². The molecule has 1 heterocycles. The summed E-state index contributed by atoms with van der Waals surface area (Å²) >= 11 is 0. The maximum absolute atomic E-state index is 14.3. The summed E-state index contributed by atoms with van der Waals surface area (Å²) in [6, 6.07) is 5.02. The predicted octanol–water partition coefficient (Wildman–Crippen LogP) is 1.43. The van der Waals surface area contributed by atoms with Gasteiger partial charge in [0.05, 0.1) is 25.9 Å². The van der Waals surface area contributed by atoms with Crippen molar-refractivity contribution in [1.82, 2.24) is 10.2 Å². The second-order valence-electron chi connectivity index (χ2n) is 4.80. The van der Waals surface area contributed by atoms with Crippen LogP contribution in [0.5, 0.6) is 5.75 Å². The van der Waals surface area contributed by atoms with Gasteiger partial charge in [0, 0.05) is 18.7 Å². The topological polar surface area (TPSA) is 33.7 Å². The van der Waals surface area contributed by atoms with Crippen LogP contribution in [0, 0.1) is 5.82 Å². The highest BCUT2D eigenvalue weighted by atomic mass is 19.1. The van der Waals surface area contributed by atoms with E-state index in [0.717, 1.165) is 13.1 Å². The number of methoxy groups -OCH3 is 1. The van der Waals surface area contributed by atoms with Crippen molar-refractivity contribution in [3.05, 3.63) is 29.6 Å². The molecule has 1 aliphatic rings. The monoisotopic (exact) mass is 268 g/mol. The van der Waals surface area contributed by atoms with Gasteiger partial charge in [-0.25, -0.2) is 4.39 Å². The minimum absolute atomic E-state index is 0.0645. The molecule has 4 nitrogen and oxygen atoms in total. The molecule has 0 aromatic heterocycles. The Morgan fingerprint density at radius 1 is 1.53 bits per heavy atom. The molecular weight excluding hydrogens is 247 g/mol. The predicted molar refractivity (Wildman–Crippen MR) is 72.0 cm³/mol. The fourth-order valence-corrected chi connectivity index (χ4v) is 2.48. The Morgan fingerprint density at radius 3 is 2.95 bits per heavy atom. The normalized spacial score (nSPS) is 22.2. The van der Waals surface area contributed by atoms with Crippen molar-refractivity contribution >= 4 is 0 Å². The lowest BCUT2D eigenvalue weighted by atomic mass is 9.99. The van der Waals surface area contributed by atoms with Gasteiger partial charge in [-0.15, -0.1) is 0 Å². The standard InChI is InChI=1S/C14H21FN2O2/c1-16-14(12-9-17(2)7-8-19-12)10-5-4-6-11(18-3)13(10)15/h4-6,12,14,16H,7-9H2,1-3H3. The molecular formula is C14H21FN2O2. The third kappa shape index (κ3) is 3.05. The Morgan fingerprint density at radius 2 is 2.32 bits per heavy atom. The quantitative estimate of drug-likeness (QED) is 0.895. The van der Waals surface area contributed by atoms with Crippen LogP contribution in [0.2, 0.25) is 0 Å². The number of hydrogen-bond donors (Lipinski definition) is 1. The van der Waals surface area contributed by atoms with Crippen molar-refractivity contribution in [3.63, 3.8) is 0 Å². The zero-order valence-corrected chi connectivity index (χ0v) is 11.6. The summed E-state index contributed by atoms with van der Waals surface area (Å²) in [5.74, 6) is -0.0527. The van der Waals surface area contributed by atoms with Gasteiger partial charge in [-0.05, 0) is 20.2 Å². The number of morpholine rings is 1. The van der Waals surface area contributed by atoms with Crippen LogP contribution in [0.4, 0.5) is 4.39 Å². The Balaban J connectivity index is 2.26. The van der Waals surface area contributed by atoms with Gasteiger partial charge in [-0.2, -0.15) is 0 Å². The minimum atomic E-state index is -0.318. The van der Waals surface area contributed by atoms with E-state index in [-0.39, 0.29) is 23.7 Å². The fourth-order valence-electron chi connectivity index (χ4n) is 2.48. The van der Waals surface area contributed by atoms with Crippen LogP contribution in [-0.4, -0.2) is 51.9 Å². The molecule has 2 rings (SSSR count). The average Bonchev–Trinajstić information content (AvgIpc) is 2.41. The molecule has 2 atom stereocenters. The lowest BCUT2D eigenvalue weighted by Gasteiger charge is -2.35. The van der Waals surface area contributed by atoms with Crippen LogP contribution in [0.25, 0.3) is 0 Å². The first-order chi connectivity index (χ1) is 9.17. The fraction of sp³-hybridized carbons (Fsp3) is 0.571. The molecule has 106 valence electrons. The maximum atomic E-state index is 14.3. The Kier molecular flexibility index (Phi) is 4.74. The maximum Gasteiger partial charge on any atom is 0.169 e. The van der Waals surface area contributed by atoms with Gasteiger partial charge >= 0.3 is 0 Å². The van der Waals surface area contributed by atoms with Gasteiger partial charge in [0.15, 0.2) is 11.6 Å². The van der Waals surface area contributed by atoms with E-state index in [1.165, 1.54) is 7.11 Å². The summed E-state index contributed by atoms with van der Waals surface area (Å²) in [6.45, 7) is 2.36. The lowest BCUT2D eigenvalue weighted by molar-refractivity contribution is -0.0386. The summed E-state index contributed by atoms with van der Waals surface area (Å²) in [7, 11) is 5.34. The van der Waals surface area contributed by atoms with E-state index < -0.39 is 0 Å². The molecule has 0 aliphatic carbocycles. The summed E-state index contributed by atoms with van der Waals surface area (Å²) in [5.41, 5.74) is 0.585. The summed E-state index contributed by atoms with van der Waals surface area (Å²) < 4.78 is 25.1. The van der Waals surface area contributed by atoms with Gasteiger partial charge in [-0.1, -0.05) is 12.1 Å². The molecule has 19 heavy (non-hydrogen) atoms. The van der Waals surface area contributed by atoms with Crippen LogP contribution in [0.3, 0.4) is 0 Å². The van der Waals surface area contributed by atoms with E-state index in [0.29, 0.717) is 12.2 Å². The number of ether oxygens (including phenoxy) is 2. The summed E-state index contributed by atoms with van der Waals surface area (Å²) in [4.78, 5) is 2.19. The van der Waals surface area contributed by atoms with Crippen LogP contribution in [0.1, 0.15) is 11.6 Å². The third-order valence-corrected chi connectivity index (χ3v) is 3.53. The molecule has 2 unspecified atom stereocenters. The first kappa shape index (κ1) is 14.2. The summed E-state index contributed by atoms with van der Waals surface area (Å²) in [6.07, 6.45) is -0.0645. The van der Waals surface area contributed by atoms with Crippen molar-refractivity contribution in [3.8, 4) is 5.75 Å². The zero-order valence-electron chi connectivity index (χ0n) is 11.6. The number of hydrogen-bond acceptors (Lipinski definition) is 4. The van der Waals surface area contributed by atoms with Gasteiger partial charge in [0.25, 0.3) is 0 Å². The molecule has 5 heteroatoms. The third-order valence-electron chi connectivity index (χ3n) is 3.53. The number of rotatable bonds is 4. The van der Waals surface area contributed by atoms with Crippen LogP contribution in [-0.2, 0) is 4.74 Å². The molecule has 0 radical (unpaired) electrons. The van der Waals surface area contributed by atoms with Crippen molar-refractivity contribution in [2.75, 3.05) is 40.9 Å².